The molecule has 2 aromatic rings. The molecule has 0 aliphatic carbocycles. The fourth-order valence-electron chi connectivity index (χ4n) is 1.53. The van der Waals surface area contributed by atoms with Gasteiger partial charge in [0, 0.05) is 15.4 Å². The summed E-state index contributed by atoms with van der Waals surface area (Å²) in [6.07, 6.45) is 0. The third-order valence-corrected chi connectivity index (χ3v) is 3.60. The number of halogens is 3. The van der Waals surface area contributed by atoms with Gasteiger partial charge < -0.3 is 4.74 Å². The van der Waals surface area contributed by atoms with Gasteiger partial charge >= 0.3 is 0 Å². The van der Waals surface area contributed by atoms with E-state index in [4.69, 9.17) is 4.74 Å². The van der Waals surface area contributed by atoms with Gasteiger partial charge in [0.25, 0.3) is 0 Å². The van der Waals surface area contributed by atoms with E-state index in [1.54, 1.807) is 12.1 Å². The van der Waals surface area contributed by atoms with Crippen molar-refractivity contribution in [2.45, 2.75) is 11.9 Å². The van der Waals surface area contributed by atoms with Crippen LogP contribution in [-0.2, 0) is 11.9 Å². The fourth-order valence-corrected chi connectivity index (χ4v) is 2.29. The molecule has 0 bridgehead atoms. The monoisotopic (exact) mass is 372 g/mol. The van der Waals surface area contributed by atoms with Crippen molar-refractivity contribution in [3.8, 4) is 5.75 Å². The first-order chi connectivity index (χ1) is 8.69. The van der Waals surface area contributed by atoms with Gasteiger partial charge in [-0.1, -0.05) is 44.0 Å². The van der Waals surface area contributed by atoms with E-state index in [2.05, 4.69) is 31.9 Å². The second kappa shape index (κ2) is 6.34. The molecule has 94 valence electrons. The summed E-state index contributed by atoms with van der Waals surface area (Å²) in [5, 5.41) is 0.773. The number of rotatable bonds is 4. The number of hydrogen-bond donors (Lipinski definition) is 0. The smallest absolute Gasteiger partial charge is 0.129 e. The first kappa shape index (κ1) is 13.6. The summed E-state index contributed by atoms with van der Waals surface area (Å²) in [7, 11) is 0. The van der Waals surface area contributed by atoms with Gasteiger partial charge in [0.05, 0.1) is 0 Å². The molecule has 0 heterocycles. The van der Waals surface area contributed by atoms with E-state index < -0.39 is 0 Å². The molecule has 0 spiro atoms. The lowest BCUT2D eigenvalue weighted by Crippen LogP contribution is -1.98. The maximum absolute atomic E-state index is 13.5. The van der Waals surface area contributed by atoms with E-state index in [-0.39, 0.29) is 12.4 Å². The Morgan fingerprint density at radius 1 is 1.11 bits per heavy atom. The Labute approximate surface area is 122 Å². The molecule has 0 aliphatic heterocycles. The second-order valence-corrected chi connectivity index (χ2v) is 5.28. The van der Waals surface area contributed by atoms with E-state index >= 15 is 0 Å². The van der Waals surface area contributed by atoms with E-state index in [0.29, 0.717) is 5.56 Å². The summed E-state index contributed by atoms with van der Waals surface area (Å²) in [5.74, 6) is 0.487. The highest BCUT2D eigenvalue weighted by Crippen LogP contribution is 2.20. The molecule has 0 saturated heterocycles. The topological polar surface area (TPSA) is 9.23 Å². The molecule has 0 aliphatic rings. The van der Waals surface area contributed by atoms with Gasteiger partial charge in [-0.3, -0.25) is 0 Å². The largest absolute Gasteiger partial charge is 0.489 e. The highest BCUT2D eigenvalue weighted by atomic mass is 79.9. The van der Waals surface area contributed by atoms with Gasteiger partial charge in [-0.2, -0.15) is 0 Å². The lowest BCUT2D eigenvalue weighted by Gasteiger charge is -2.08. The van der Waals surface area contributed by atoms with Crippen molar-refractivity contribution in [1.29, 1.82) is 0 Å². The van der Waals surface area contributed by atoms with Gasteiger partial charge in [0.15, 0.2) is 0 Å². The van der Waals surface area contributed by atoms with Crippen LogP contribution in [-0.4, -0.2) is 0 Å². The Balaban J connectivity index is 2.08. The van der Waals surface area contributed by atoms with Gasteiger partial charge in [-0.25, -0.2) is 4.39 Å². The average Bonchev–Trinajstić information content (AvgIpc) is 2.40. The fraction of sp³-hybridized carbons (Fsp3) is 0.143. The molecule has 0 N–H and O–H groups in total. The predicted molar refractivity (Wildman–Crippen MR) is 77.5 cm³/mol. The summed E-state index contributed by atoms with van der Waals surface area (Å²) in [6.45, 7) is 0.219. The Morgan fingerprint density at radius 3 is 2.72 bits per heavy atom. The highest BCUT2D eigenvalue weighted by Gasteiger charge is 2.04. The lowest BCUT2D eigenvalue weighted by molar-refractivity contribution is 0.299. The van der Waals surface area contributed by atoms with Crippen molar-refractivity contribution < 1.29 is 9.13 Å². The zero-order chi connectivity index (χ0) is 13.0. The van der Waals surface area contributed by atoms with Gasteiger partial charge in [0.2, 0.25) is 0 Å². The minimum atomic E-state index is -0.255. The molecule has 2 rings (SSSR count). The number of alkyl halides is 1. The van der Waals surface area contributed by atoms with E-state index in [0.717, 1.165) is 21.1 Å². The first-order valence-electron chi connectivity index (χ1n) is 5.40. The first-order valence-corrected chi connectivity index (χ1v) is 7.32. The van der Waals surface area contributed by atoms with Crippen LogP contribution in [0.4, 0.5) is 4.39 Å². The van der Waals surface area contributed by atoms with Crippen LogP contribution in [0.15, 0.2) is 46.9 Å². The summed E-state index contributed by atoms with van der Waals surface area (Å²) in [6, 6.07) is 12.5. The molecule has 0 fully saturated rings. The lowest BCUT2D eigenvalue weighted by atomic mass is 10.2. The molecule has 0 atom stereocenters. The summed E-state index contributed by atoms with van der Waals surface area (Å²) in [4.78, 5) is 0. The zero-order valence-corrected chi connectivity index (χ0v) is 12.7. The van der Waals surface area contributed by atoms with Crippen molar-refractivity contribution in [3.63, 3.8) is 0 Å². The molecule has 18 heavy (non-hydrogen) atoms. The van der Waals surface area contributed by atoms with Gasteiger partial charge in [0.1, 0.15) is 18.2 Å². The van der Waals surface area contributed by atoms with Gasteiger partial charge in [-0.05, 0) is 35.9 Å². The van der Waals surface area contributed by atoms with Crippen molar-refractivity contribution in [1.82, 2.24) is 0 Å². The molecule has 0 saturated carbocycles. The molecule has 1 nitrogen and oxygen atoms in total. The Morgan fingerprint density at radius 2 is 1.94 bits per heavy atom. The van der Waals surface area contributed by atoms with Crippen LogP contribution < -0.4 is 4.74 Å². The van der Waals surface area contributed by atoms with Crippen LogP contribution in [0.25, 0.3) is 0 Å². The predicted octanol–water partition coefficient (Wildman–Crippen LogP) is 5.06. The second-order valence-electron chi connectivity index (χ2n) is 3.81. The summed E-state index contributed by atoms with van der Waals surface area (Å²) in [5.41, 5.74) is 1.66. The van der Waals surface area contributed by atoms with Crippen LogP contribution in [0.3, 0.4) is 0 Å². The van der Waals surface area contributed by atoms with Crippen LogP contribution in [0.1, 0.15) is 11.1 Å². The molecule has 0 radical (unpaired) electrons. The number of hydrogen-bond acceptors (Lipinski definition) is 1. The van der Waals surface area contributed by atoms with E-state index in [9.17, 15) is 4.39 Å². The average molecular weight is 374 g/mol. The van der Waals surface area contributed by atoms with Crippen LogP contribution in [0, 0.1) is 5.82 Å². The van der Waals surface area contributed by atoms with E-state index in [1.807, 2.05) is 24.3 Å². The molecular weight excluding hydrogens is 363 g/mol. The zero-order valence-electron chi connectivity index (χ0n) is 9.50. The standard InChI is InChI=1S/C14H11Br2FO/c15-8-10-2-1-3-13(6-10)18-9-11-7-12(16)4-5-14(11)17/h1-7H,8-9H2. The SMILES string of the molecule is Fc1ccc(Br)cc1COc1cccc(CBr)c1. The normalized spacial score (nSPS) is 10.4. The maximum Gasteiger partial charge on any atom is 0.129 e. The molecule has 4 heteroatoms. The maximum atomic E-state index is 13.5. The van der Waals surface area contributed by atoms with Crippen LogP contribution in [0.2, 0.25) is 0 Å². The number of benzene rings is 2. The van der Waals surface area contributed by atoms with Crippen molar-refractivity contribution in [2.75, 3.05) is 0 Å². The quantitative estimate of drug-likeness (QED) is 0.680. The van der Waals surface area contributed by atoms with Crippen molar-refractivity contribution in [2.24, 2.45) is 0 Å². The Bertz CT molecular complexity index is 543. The molecule has 0 unspecified atom stereocenters. The Kier molecular flexibility index (Phi) is 4.78. The molecule has 2 aromatic carbocycles. The molecule has 0 aromatic heterocycles. The molecular formula is C14H11Br2FO. The summed E-state index contributed by atoms with van der Waals surface area (Å²) < 4.78 is 19.9. The van der Waals surface area contributed by atoms with Gasteiger partial charge in [-0.15, -0.1) is 0 Å². The minimum absolute atomic E-state index is 0.219. The molecule has 0 amide bonds. The van der Waals surface area contributed by atoms with Crippen LogP contribution in [0.5, 0.6) is 5.75 Å². The van der Waals surface area contributed by atoms with Crippen molar-refractivity contribution in [3.05, 3.63) is 63.9 Å². The van der Waals surface area contributed by atoms with E-state index in [1.165, 1.54) is 6.07 Å². The van der Waals surface area contributed by atoms with Crippen molar-refractivity contribution >= 4 is 31.9 Å². The third kappa shape index (κ3) is 3.56. The van der Waals surface area contributed by atoms with Crippen LogP contribution >= 0.6 is 31.9 Å². The number of ether oxygens (including phenoxy) is 1. The highest BCUT2D eigenvalue weighted by molar-refractivity contribution is 9.10. The minimum Gasteiger partial charge on any atom is -0.489 e. The third-order valence-electron chi connectivity index (χ3n) is 2.45. The Hall–Kier alpha value is -0.870. The summed E-state index contributed by atoms with van der Waals surface area (Å²) >= 11 is 6.70.